The zero-order valence-electron chi connectivity index (χ0n) is 11.7. The second-order valence-electron chi connectivity index (χ2n) is 5.94. The minimum absolute atomic E-state index is 0.0836. The van der Waals surface area contributed by atoms with Gasteiger partial charge in [0.2, 0.25) is 0 Å². The topological polar surface area (TPSA) is 9.23 Å². The van der Waals surface area contributed by atoms with Gasteiger partial charge in [0.15, 0.2) is 5.82 Å². The highest BCUT2D eigenvalue weighted by Gasteiger charge is 2.39. The molecule has 0 radical (unpaired) electrons. The minimum Gasteiger partial charge on any atom is -0.541 e. The predicted molar refractivity (Wildman–Crippen MR) is 73.6 cm³/mol. The lowest BCUT2D eigenvalue weighted by Gasteiger charge is -2.37. The Balaban J connectivity index is 3.11. The molecule has 0 atom stereocenters. The number of rotatable bonds is 3. The second kappa shape index (κ2) is 4.81. The van der Waals surface area contributed by atoms with Crippen molar-refractivity contribution in [2.24, 2.45) is 0 Å². The Kier molecular flexibility index (Phi) is 4.02. The third-order valence-electron chi connectivity index (χ3n) is 3.59. The Bertz CT molecular complexity index is 394. The zero-order valence-corrected chi connectivity index (χ0v) is 12.7. The van der Waals surface area contributed by atoms with Crippen molar-refractivity contribution >= 4 is 8.32 Å². The molecule has 3 heteroatoms. The van der Waals surface area contributed by atoms with Gasteiger partial charge < -0.3 is 4.43 Å². The fourth-order valence-corrected chi connectivity index (χ4v) is 2.40. The van der Waals surface area contributed by atoms with Crippen molar-refractivity contribution < 1.29 is 8.82 Å². The third-order valence-corrected chi connectivity index (χ3v) is 7.92. The van der Waals surface area contributed by atoms with E-state index in [0.29, 0.717) is 5.75 Å². The first-order chi connectivity index (χ1) is 7.69. The molecule has 0 saturated carbocycles. The molecule has 0 aliphatic heterocycles. The van der Waals surface area contributed by atoms with Crippen LogP contribution in [-0.2, 0) is 6.42 Å². The summed E-state index contributed by atoms with van der Waals surface area (Å²) in [4.78, 5) is 0. The third kappa shape index (κ3) is 3.09. The van der Waals surface area contributed by atoms with Crippen LogP contribution in [0.1, 0.15) is 33.3 Å². The quantitative estimate of drug-likeness (QED) is 0.706. The summed E-state index contributed by atoms with van der Waals surface area (Å²) in [6.45, 7) is 12.8. The van der Waals surface area contributed by atoms with Gasteiger partial charge in [-0.05, 0) is 36.2 Å². The van der Waals surface area contributed by atoms with Gasteiger partial charge in [0, 0.05) is 0 Å². The lowest BCUT2D eigenvalue weighted by Crippen LogP contribution is -2.44. The summed E-state index contributed by atoms with van der Waals surface area (Å²) in [6.07, 6.45) is 0.793. The highest BCUT2D eigenvalue weighted by atomic mass is 28.4. The lowest BCUT2D eigenvalue weighted by atomic mass is 10.1. The largest absolute Gasteiger partial charge is 0.541 e. The Morgan fingerprint density at radius 3 is 2.29 bits per heavy atom. The molecular weight excluding hydrogens is 231 g/mol. The fraction of sp³-hybridized carbons (Fsp3) is 0.571. The molecule has 0 unspecified atom stereocenters. The summed E-state index contributed by atoms with van der Waals surface area (Å²) >= 11 is 0. The minimum atomic E-state index is -1.96. The van der Waals surface area contributed by atoms with Crippen molar-refractivity contribution in [2.45, 2.75) is 52.2 Å². The molecule has 0 amide bonds. The van der Waals surface area contributed by atoms with Crippen LogP contribution in [0.5, 0.6) is 5.75 Å². The van der Waals surface area contributed by atoms with Crippen LogP contribution < -0.4 is 4.43 Å². The van der Waals surface area contributed by atoms with Gasteiger partial charge in [0.1, 0.15) is 5.75 Å². The molecule has 1 aromatic carbocycles. The average Bonchev–Trinajstić information content (AvgIpc) is 2.19. The van der Waals surface area contributed by atoms with Gasteiger partial charge in [-0.25, -0.2) is 4.39 Å². The smallest absolute Gasteiger partial charge is 0.250 e. The van der Waals surface area contributed by atoms with Crippen LogP contribution in [0.4, 0.5) is 4.39 Å². The van der Waals surface area contributed by atoms with Crippen molar-refractivity contribution in [1.29, 1.82) is 0 Å². The molecule has 0 saturated heterocycles. The first kappa shape index (κ1) is 14.2. The summed E-state index contributed by atoms with van der Waals surface area (Å²) < 4.78 is 19.9. The van der Waals surface area contributed by atoms with Gasteiger partial charge in [-0.2, -0.15) is 0 Å². The van der Waals surface area contributed by atoms with E-state index in [2.05, 4.69) is 33.9 Å². The molecule has 0 bridgehead atoms. The fourth-order valence-electron chi connectivity index (χ4n) is 1.35. The van der Waals surface area contributed by atoms with E-state index in [4.69, 9.17) is 4.43 Å². The highest BCUT2D eigenvalue weighted by Crippen LogP contribution is 2.39. The van der Waals surface area contributed by atoms with Crippen LogP contribution in [-0.4, -0.2) is 8.32 Å². The maximum atomic E-state index is 13.9. The van der Waals surface area contributed by atoms with E-state index >= 15 is 0 Å². The lowest BCUT2D eigenvalue weighted by molar-refractivity contribution is 0.452. The van der Waals surface area contributed by atoms with Gasteiger partial charge >= 0.3 is 0 Å². The summed E-state index contributed by atoms with van der Waals surface area (Å²) in [6, 6.07) is 5.15. The van der Waals surface area contributed by atoms with Crippen LogP contribution in [0.3, 0.4) is 0 Å². The number of aryl methyl sites for hydroxylation is 1. The molecule has 1 aromatic rings. The molecule has 0 heterocycles. The van der Waals surface area contributed by atoms with Crippen LogP contribution in [0.2, 0.25) is 18.1 Å². The van der Waals surface area contributed by atoms with Crippen LogP contribution in [0.25, 0.3) is 0 Å². The first-order valence-corrected chi connectivity index (χ1v) is 9.06. The Morgan fingerprint density at radius 2 is 1.82 bits per heavy atom. The molecule has 0 N–H and O–H groups in total. The number of hydrogen-bond donors (Lipinski definition) is 0. The van der Waals surface area contributed by atoms with E-state index in [9.17, 15) is 4.39 Å². The van der Waals surface area contributed by atoms with Gasteiger partial charge in [-0.1, -0.05) is 39.8 Å². The van der Waals surface area contributed by atoms with Crippen LogP contribution >= 0.6 is 0 Å². The van der Waals surface area contributed by atoms with E-state index in [0.717, 1.165) is 12.0 Å². The molecule has 1 nitrogen and oxygen atoms in total. The van der Waals surface area contributed by atoms with Gasteiger partial charge in [-0.15, -0.1) is 0 Å². The van der Waals surface area contributed by atoms with Crippen molar-refractivity contribution in [3.05, 3.63) is 29.6 Å². The number of hydrogen-bond acceptors (Lipinski definition) is 1. The molecule has 17 heavy (non-hydrogen) atoms. The SMILES string of the molecule is CCc1cccc(F)c1O[Si](C)(C)C(C)(C)C. The highest BCUT2D eigenvalue weighted by molar-refractivity contribution is 6.74. The van der Waals surface area contributed by atoms with Crippen molar-refractivity contribution in [3.63, 3.8) is 0 Å². The molecular formula is C14H23FOSi. The van der Waals surface area contributed by atoms with E-state index in [1.807, 2.05) is 13.0 Å². The molecule has 1 rings (SSSR count). The maximum absolute atomic E-state index is 13.9. The molecule has 96 valence electrons. The number of halogens is 1. The van der Waals surface area contributed by atoms with Crippen LogP contribution in [0.15, 0.2) is 18.2 Å². The van der Waals surface area contributed by atoms with Gasteiger partial charge in [-0.3, -0.25) is 0 Å². The summed E-state index contributed by atoms with van der Waals surface area (Å²) in [5, 5.41) is 0.0836. The molecule has 0 aliphatic rings. The maximum Gasteiger partial charge on any atom is 0.250 e. The van der Waals surface area contributed by atoms with E-state index in [-0.39, 0.29) is 10.9 Å². The summed E-state index contributed by atoms with van der Waals surface area (Å²) in [7, 11) is -1.96. The zero-order chi connectivity index (χ0) is 13.3. The van der Waals surface area contributed by atoms with E-state index in [1.54, 1.807) is 6.07 Å². The monoisotopic (exact) mass is 254 g/mol. The Labute approximate surface area is 105 Å². The van der Waals surface area contributed by atoms with Gasteiger partial charge in [0.05, 0.1) is 0 Å². The number of benzene rings is 1. The Hall–Kier alpha value is -0.833. The summed E-state index contributed by atoms with van der Waals surface area (Å²) in [5.41, 5.74) is 0.954. The van der Waals surface area contributed by atoms with Crippen molar-refractivity contribution in [2.75, 3.05) is 0 Å². The Morgan fingerprint density at radius 1 is 1.24 bits per heavy atom. The average molecular weight is 254 g/mol. The second-order valence-corrected chi connectivity index (χ2v) is 10.7. The molecule has 0 aromatic heterocycles. The van der Waals surface area contributed by atoms with Crippen molar-refractivity contribution in [3.8, 4) is 5.75 Å². The molecule has 0 spiro atoms. The first-order valence-electron chi connectivity index (χ1n) is 6.15. The molecule has 0 aliphatic carbocycles. The predicted octanol–water partition coefficient (Wildman–Crippen LogP) is 4.77. The van der Waals surface area contributed by atoms with Gasteiger partial charge in [0.25, 0.3) is 8.32 Å². The molecule has 0 fully saturated rings. The standard InChI is InChI=1S/C14H23FOSi/c1-7-11-9-8-10-12(15)13(11)16-17(5,6)14(2,3)4/h8-10H,7H2,1-6H3. The summed E-state index contributed by atoms with van der Waals surface area (Å²) in [5.74, 6) is 0.218. The van der Waals surface area contributed by atoms with E-state index in [1.165, 1.54) is 6.07 Å². The van der Waals surface area contributed by atoms with Crippen molar-refractivity contribution in [1.82, 2.24) is 0 Å². The van der Waals surface area contributed by atoms with E-state index < -0.39 is 8.32 Å². The normalized spacial score (nSPS) is 12.6. The van der Waals surface area contributed by atoms with Crippen LogP contribution in [0, 0.1) is 5.82 Å². The number of para-hydroxylation sites is 1.